The first kappa shape index (κ1) is 15.2. The van der Waals surface area contributed by atoms with Crippen molar-refractivity contribution in [3.8, 4) is 11.5 Å². The van der Waals surface area contributed by atoms with Gasteiger partial charge in [-0.3, -0.25) is 4.79 Å². The molecule has 0 aliphatic carbocycles. The summed E-state index contributed by atoms with van der Waals surface area (Å²) in [6.45, 7) is 1.89. The van der Waals surface area contributed by atoms with E-state index in [1.807, 2.05) is 13.0 Å². The van der Waals surface area contributed by atoms with Crippen LogP contribution in [0.3, 0.4) is 0 Å². The predicted octanol–water partition coefficient (Wildman–Crippen LogP) is 3.72. The molecule has 2 aromatic rings. The van der Waals surface area contributed by atoms with E-state index in [0.29, 0.717) is 27.8 Å². The Kier molecular flexibility index (Phi) is 4.38. The Balaban J connectivity index is 2.32. The number of benzene rings is 2. The SMILES string of the molecule is Cc1cc(Oc2cc(C(=O)N(C)C)ccc2N)ccc1Cl. The minimum absolute atomic E-state index is 0.105. The maximum atomic E-state index is 12.0. The molecule has 5 heteroatoms. The summed E-state index contributed by atoms with van der Waals surface area (Å²) in [6, 6.07) is 10.3. The molecule has 0 saturated carbocycles. The molecule has 4 nitrogen and oxygen atoms in total. The zero-order valence-electron chi connectivity index (χ0n) is 12.2. The van der Waals surface area contributed by atoms with Crippen molar-refractivity contribution in [1.29, 1.82) is 0 Å². The molecule has 0 aromatic heterocycles. The summed E-state index contributed by atoms with van der Waals surface area (Å²) in [5.74, 6) is 0.967. The lowest BCUT2D eigenvalue weighted by atomic mass is 10.1. The quantitative estimate of drug-likeness (QED) is 0.879. The third-order valence-corrected chi connectivity index (χ3v) is 3.45. The Hall–Kier alpha value is -2.20. The molecule has 0 saturated heterocycles. The van der Waals surface area contributed by atoms with Crippen molar-refractivity contribution in [2.24, 2.45) is 0 Å². The van der Waals surface area contributed by atoms with Crippen LogP contribution in [0.15, 0.2) is 36.4 Å². The Morgan fingerprint density at radius 2 is 1.90 bits per heavy atom. The van der Waals surface area contributed by atoms with E-state index in [1.54, 1.807) is 44.4 Å². The monoisotopic (exact) mass is 304 g/mol. The van der Waals surface area contributed by atoms with Gasteiger partial charge in [0.1, 0.15) is 5.75 Å². The van der Waals surface area contributed by atoms with E-state index in [-0.39, 0.29) is 5.91 Å². The molecule has 110 valence electrons. The number of carbonyl (C=O) groups is 1. The smallest absolute Gasteiger partial charge is 0.253 e. The molecule has 2 aromatic carbocycles. The molecule has 21 heavy (non-hydrogen) atoms. The molecule has 2 rings (SSSR count). The number of amides is 1. The molecule has 0 atom stereocenters. The molecule has 0 radical (unpaired) electrons. The standard InChI is InChI=1S/C16H17ClN2O2/c1-10-8-12(5-6-13(10)17)21-15-9-11(4-7-14(15)18)16(20)19(2)3/h4-9H,18H2,1-3H3. The minimum Gasteiger partial charge on any atom is -0.455 e. The van der Waals surface area contributed by atoms with Gasteiger partial charge in [-0.25, -0.2) is 0 Å². The third kappa shape index (κ3) is 3.47. The first-order chi connectivity index (χ1) is 9.88. The van der Waals surface area contributed by atoms with Gasteiger partial charge < -0.3 is 15.4 Å². The van der Waals surface area contributed by atoms with Crippen LogP contribution in [0, 0.1) is 6.92 Å². The van der Waals surface area contributed by atoms with Crippen LogP contribution in [-0.4, -0.2) is 24.9 Å². The van der Waals surface area contributed by atoms with Crippen molar-refractivity contribution in [2.45, 2.75) is 6.92 Å². The van der Waals surface area contributed by atoms with Crippen molar-refractivity contribution < 1.29 is 9.53 Å². The van der Waals surface area contributed by atoms with E-state index in [1.165, 1.54) is 4.90 Å². The van der Waals surface area contributed by atoms with Gasteiger partial charge in [-0.15, -0.1) is 0 Å². The van der Waals surface area contributed by atoms with Gasteiger partial charge in [0.2, 0.25) is 0 Å². The number of nitrogens with two attached hydrogens (primary N) is 1. The van der Waals surface area contributed by atoms with Crippen LogP contribution < -0.4 is 10.5 Å². The number of nitrogens with zero attached hydrogens (tertiary/aromatic N) is 1. The topological polar surface area (TPSA) is 55.6 Å². The van der Waals surface area contributed by atoms with Gasteiger partial charge in [-0.2, -0.15) is 0 Å². The summed E-state index contributed by atoms with van der Waals surface area (Å²) in [5.41, 5.74) is 7.81. The first-order valence-corrected chi connectivity index (χ1v) is 6.81. The molecule has 1 amide bonds. The number of aryl methyl sites for hydroxylation is 1. The fraction of sp³-hybridized carbons (Fsp3) is 0.188. The van der Waals surface area contributed by atoms with Crippen molar-refractivity contribution >= 4 is 23.2 Å². The summed E-state index contributed by atoms with van der Waals surface area (Å²) in [5, 5.41) is 0.673. The van der Waals surface area contributed by atoms with Gasteiger partial charge >= 0.3 is 0 Å². The van der Waals surface area contributed by atoms with Crippen LogP contribution in [0.4, 0.5) is 5.69 Å². The van der Waals surface area contributed by atoms with E-state index in [2.05, 4.69) is 0 Å². The summed E-state index contributed by atoms with van der Waals surface area (Å²) >= 11 is 5.99. The lowest BCUT2D eigenvalue weighted by Gasteiger charge is -2.13. The fourth-order valence-corrected chi connectivity index (χ4v) is 1.94. The van der Waals surface area contributed by atoms with Crippen LogP contribution in [0.5, 0.6) is 11.5 Å². The number of ether oxygens (including phenoxy) is 1. The molecule has 0 heterocycles. The summed E-state index contributed by atoms with van der Waals surface area (Å²) in [7, 11) is 3.39. The highest BCUT2D eigenvalue weighted by molar-refractivity contribution is 6.31. The third-order valence-electron chi connectivity index (χ3n) is 3.02. The second-order valence-corrected chi connectivity index (χ2v) is 5.37. The molecule has 0 aliphatic heterocycles. The number of nitrogen functional groups attached to an aromatic ring is 1. The number of anilines is 1. The van der Waals surface area contributed by atoms with Crippen LogP contribution in [0.2, 0.25) is 5.02 Å². The molecular weight excluding hydrogens is 288 g/mol. The average Bonchev–Trinajstić information content (AvgIpc) is 2.44. The summed E-state index contributed by atoms with van der Waals surface area (Å²) < 4.78 is 5.76. The Morgan fingerprint density at radius 1 is 1.19 bits per heavy atom. The van der Waals surface area contributed by atoms with Crippen LogP contribution in [0.25, 0.3) is 0 Å². The number of hydrogen-bond donors (Lipinski definition) is 1. The molecule has 0 unspecified atom stereocenters. The van der Waals surface area contributed by atoms with Gasteiger partial charge in [0, 0.05) is 24.7 Å². The second kappa shape index (κ2) is 6.06. The predicted molar refractivity (Wildman–Crippen MR) is 85.1 cm³/mol. The first-order valence-electron chi connectivity index (χ1n) is 6.43. The number of rotatable bonds is 3. The lowest BCUT2D eigenvalue weighted by molar-refractivity contribution is 0.0827. The molecule has 2 N–H and O–H groups in total. The maximum Gasteiger partial charge on any atom is 0.253 e. The molecular formula is C16H17ClN2O2. The number of halogens is 1. The number of hydrogen-bond acceptors (Lipinski definition) is 3. The minimum atomic E-state index is -0.105. The van der Waals surface area contributed by atoms with E-state index in [0.717, 1.165) is 5.56 Å². The van der Waals surface area contributed by atoms with Crippen molar-refractivity contribution in [3.63, 3.8) is 0 Å². The molecule has 0 aliphatic rings. The van der Waals surface area contributed by atoms with Crippen LogP contribution >= 0.6 is 11.6 Å². The van der Waals surface area contributed by atoms with Gasteiger partial charge in [-0.1, -0.05) is 11.6 Å². The second-order valence-electron chi connectivity index (χ2n) is 4.97. The van der Waals surface area contributed by atoms with Crippen molar-refractivity contribution in [1.82, 2.24) is 4.90 Å². The van der Waals surface area contributed by atoms with Gasteiger partial charge in [0.25, 0.3) is 5.91 Å². The molecule has 0 spiro atoms. The van der Waals surface area contributed by atoms with Crippen LogP contribution in [0.1, 0.15) is 15.9 Å². The van der Waals surface area contributed by atoms with Crippen molar-refractivity contribution in [2.75, 3.05) is 19.8 Å². The molecule has 0 fully saturated rings. The largest absolute Gasteiger partial charge is 0.455 e. The molecule has 0 bridgehead atoms. The van der Waals surface area contributed by atoms with Gasteiger partial charge in [0.05, 0.1) is 5.69 Å². The zero-order valence-corrected chi connectivity index (χ0v) is 12.9. The maximum absolute atomic E-state index is 12.0. The van der Waals surface area contributed by atoms with E-state index in [9.17, 15) is 4.79 Å². The summed E-state index contributed by atoms with van der Waals surface area (Å²) in [6.07, 6.45) is 0. The van der Waals surface area contributed by atoms with Crippen molar-refractivity contribution in [3.05, 3.63) is 52.5 Å². The lowest BCUT2D eigenvalue weighted by Crippen LogP contribution is -2.21. The highest BCUT2D eigenvalue weighted by Crippen LogP contribution is 2.30. The van der Waals surface area contributed by atoms with E-state index < -0.39 is 0 Å². The van der Waals surface area contributed by atoms with Gasteiger partial charge in [0.15, 0.2) is 5.75 Å². The normalized spacial score (nSPS) is 10.3. The van der Waals surface area contributed by atoms with Crippen LogP contribution in [-0.2, 0) is 0 Å². The Bertz CT molecular complexity index is 684. The van der Waals surface area contributed by atoms with E-state index in [4.69, 9.17) is 22.1 Å². The average molecular weight is 305 g/mol. The Labute approximate surface area is 129 Å². The summed E-state index contributed by atoms with van der Waals surface area (Å²) in [4.78, 5) is 13.5. The highest BCUT2D eigenvalue weighted by Gasteiger charge is 2.12. The highest BCUT2D eigenvalue weighted by atomic mass is 35.5. The fourth-order valence-electron chi connectivity index (χ4n) is 1.82. The van der Waals surface area contributed by atoms with E-state index >= 15 is 0 Å². The van der Waals surface area contributed by atoms with Gasteiger partial charge in [-0.05, 0) is 48.9 Å². The Morgan fingerprint density at radius 3 is 2.52 bits per heavy atom. The number of carbonyl (C=O) groups excluding carboxylic acids is 1. The zero-order chi connectivity index (χ0) is 15.6.